The predicted octanol–water partition coefficient (Wildman–Crippen LogP) is 2.46. The predicted molar refractivity (Wildman–Crippen MR) is 206 cm³/mol. The molecule has 18 nitrogen and oxygen atoms in total. The number of likely N-dealkylation sites (tertiary alicyclic amines) is 1. The number of guanidine groups is 1. The number of carbonyl (C=O) groups is 6. The Kier molecular flexibility index (Phi) is 16.3. The normalized spacial score (nSPS) is 17.6. The quantitative estimate of drug-likeness (QED) is 0.0554. The smallest absolute Gasteiger partial charge is 0.417 e. The van der Waals surface area contributed by atoms with Gasteiger partial charge in [0.05, 0.1) is 24.0 Å². The Balaban J connectivity index is 1.41. The zero-order chi connectivity index (χ0) is 40.6. The zero-order valence-electron chi connectivity index (χ0n) is 31.8. The summed E-state index contributed by atoms with van der Waals surface area (Å²) in [5.41, 5.74) is 12.5. The minimum Gasteiger partial charge on any atom is -0.480 e. The van der Waals surface area contributed by atoms with Crippen LogP contribution in [0.4, 0.5) is 16.2 Å². The van der Waals surface area contributed by atoms with Crippen LogP contribution in [0.15, 0.2) is 69.8 Å². The molecule has 302 valence electrons. The number of imide groups is 1. The maximum atomic E-state index is 13.9. The van der Waals surface area contributed by atoms with Crippen molar-refractivity contribution in [3.8, 4) is 0 Å². The molecule has 0 radical (unpaired) electrons. The first-order valence-corrected chi connectivity index (χ1v) is 18.8. The molecule has 2 fully saturated rings. The second-order valence-electron chi connectivity index (χ2n) is 14.1. The molecule has 4 atom stereocenters. The fourth-order valence-electron chi connectivity index (χ4n) is 6.44. The van der Waals surface area contributed by atoms with Crippen LogP contribution in [0.1, 0.15) is 64.4 Å². The number of benzene rings is 2. The second-order valence-corrected chi connectivity index (χ2v) is 14.1. The summed E-state index contributed by atoms with van der Waals surface area (Å²) in [5, 5.41) is 26.2. The van der Waals surface area contributed by atoms with Crippen LogP contribution in [-0.4, -0.2) is 107 Å². The van der Waals surface area contributed by atoms with E-state index in [0.717, 1.165) is 4.90 Å². The lowest BCUT2D eigenvalue weighted by Crippen LogP contribution is -2.58. The van der Waals surface area contributed by atoms with E-state index in [0.29, 0.717) is 55.6 Å². The van der Waals surface area contributed by atoms with Crippen molar-refractivity contribution < 1.29 is 38.6 Å². The summed E-state index contributed by atoms with van der Waals surface area (Å²) in [5.74, 6) is -4.09. The average molecular weight is 777 g/mol. The molecule has 0 aliphatic carbocycles. The number of nitrogens with zero attached hydrogens (tertiary/aromatic N) is 5. The molecular weight excluding hydrogens is 724 g/mol. The topological polar surface area (TPSA) is 264 Å². The third kappa shape index (κ3) is 12.9. The van der Waals surface area contributed by atoms with Gasteiger partial charge in [0.1, 0.15) is 24.7 Å². The number of nitrogens with two attached hydrogens (primary N) is 2. The van der Waals surface area contributed by atoms with Gasteiger partial charge in [-0.15, -0.1) is 0 Å². The van der Waals surface area contributed by atoms with Gasteiger partial charge in [-0.2, -0.15) is 10.2 Å². The van der Waals surface area contributed by atoms with E-state index >= 15 is 0 Å². The number of aliphatic carboxylic acids is 1. The first-order valence-electron chi connectivity index (χ1n) is 18.8. The molecule has 56 heavy (non-hydrogen) atoms. The number of aliphatic imine (C=N–C) groups is 1. The number of hydrogen-bond donors (Lipinski definition) is 6. The molecule has 0 bridgehead atoms. The number of azo groups is 1. The van der Waals surface area contributed by atoms with Gasteiger partial charge in [-0.1, -0.05) is 44.2 Å². The van der Waals surface area contributed by atoms with Gasteiger partial charge in [-0.3, -0.25) is 24.2 Å². The molecule has 2 aromatic rings. The fourth-order valence-corrected chi connectivity index (χ4v) is 6.44. The summed E-state index contributed by atoms with van der Waals surface area (Å²) >= 11 is 0. The third-order valence-electron chi connectivity index (χ3n) is 9.29. The molecule has 2 heterocycles. The van der Waals surface area contributed by atoms with Gasteiger partial charge < -0.3 is 42.2 Å². The van der Waals surface area contributed by atoms with E-state index in [1.807, 2.05) is 44.2 Å². The van der Waals surface area contributed by atoms with Gasteiger partial charge in [0.15, 0.2) is 5.96 Å². The van der Waals surface area contributed by atoms with E-state index < -0.39 is 66.4 Å². The number of carbonyl (C=O) groups excluding carboxylic acids is 5. The lowest BCUT2D eigenvalue weighted by atomic mass is 10.0. The molecule has 2 aliphatic heterocycles. The molecule has 0 saturated carbocycles. The van der Waals surface area contributed by atoms with E-state index in [1.165, 1.54) is 4.90 Å². The first kappa shape index (κ1) is 42.8. The SMILES string of the molecule is CC(C)C[C@@H](C(=O)NCC(=O)N1CCC[C@H]1C(=O)N[C@H](CCCN=C(N)N)C(=O)O)N(C(=O)OCc1ccc(N=Nc2ccccc2)cc1)C(=O)[C@@H]1CCCN1. The molecule has 0 aromatic heterocycles. The van der Waals surface area contributed by atoms with Crippen molar-refractivity contribution in [2.45, 2.75) is 89.6 Å². The van der Waals surface area contributed by atoms with Gasteiger partial charge >= 0.3 is 12.1 Å². The number of nitrogens with one attached hydrogen (secondary N) is 3. The van der Waals surface area contributed by atoms with Gasteiger partial charge in [0.25, 0.3) is 0 Å². The summed E-state index contributed by atoms with van der Waals surface area (Å²) in [6.45, 7) is 3.92. The van der Waals surface area contributed by atoms with E-state index in [-0.39, 0.29) is 44.4 Å². The maximum Gasteiger partial charge on any atom is 0.417 e. The second kappa shape index (κ2) is 21.3. The van der Waals surface area contributed by atoms with Gasteiger partial charge in [0.2, 0.25) is 23.6 Å². The van der Waals surface area contributed by atoms with Crippen molar-refractivity contribution in [2.24, 2.45) is 32.6 Å². The van der Waals surface area contributed by atoms with Crippen molar-refractivity contribution in [1.29, 1.82) is 0 Å². The number of carboxylic acids is 1. The number of rotatable bonds is 18. The molecule has 2 saturated heterocycles. The summed E-state index contributed by atoms with van der Waals surface area (Å²) in [4.78, 5) is 85.8. The van der Waals surface area contributed by atoms with Crippen molar-refractivity contribution in [3.63, 3.8) is 0 Å². The van der Waals surface area contributed by atoms with Gasteiger partial charge in [-0.25, -0.2) is 14.5 Å². The monoisotopic (exact) mass is 776 g/mol. The lowest BCUT2D eigenvalue weighted by Gasteiger charge is -2.32. The highest BCUT2D eigenvalue weighted by molar-refractivity contribution is 6.01. The van der Waals surface area contributed by atoms with Crippen LogP contribution in [0.3, 0.4) is 0 Å². The van der Waals surface area contributed by atoms with Gasteiger partial charge in [0, 0.05) is 13.1 Å². The molecule has 5 amide bonds. The summed E-state index contributed by atoms with van der Waals surface area (Å²) in [7, 11) is 0. The standard InChI is InChI=1S/C38H52N10O8/c1-24(2)21-31(33(50)43-22-32(49)47-20-8-13-30(47)34(51)44-29(36(53)54)12-7-19-42-37(39)40)48(35(52)28-11-6-18-41-28)38(55)56-23-25-14-16-27(17-15-25)46-45-26-9-4-3-5-10-26/h3-5,9-10,14-17,24,28-31,41H,6-8,11-13,18-23H2,1-2H3,(H,43,50)(H,44,51)(H,53,54)(H4,39,40,42)/t28-,29+,30-,31-/m0/s1. The highest BCUT2D eigenvalue weighted by atomic mass is 16.6. The Labute approximate surface area is 325 Å². The molecule has 2 aliphatic rings. The summed E-state index contributed by atoms with van der Waals surface area (Å²) in [6.07, 6.45) is 1.39. The van der Waals surface area contributed by atoms with E-state index in [4.69, 9.17) is 16.2 Å². The molecule has 4 rings (SSSR count). The van der Waals surface area contributed by atoms with Crippen LogP contribution in [0.25, 0.3) is 0 Å². The van der Waals surface area contributed by atoms with Crippen LogP contribution in [0.2, 0.25) is 0 Å². The largest absolute Gasteiger partial charge is 0.480 e. The number of amides is 5. The van der Waals surface area contributed by atoms with Crippen LogP contribution < -0.4 is 27.4 Å². The molecular formula is C38H52N10O8. The van der Waals surface area contributed by atoms with Gasteiger partial charge in [-0.05, 0) is 87.2 Å². The van der Waals surface area contributed by atoms with Crippen LogP contribution in [0.5, 0.6) is 0 Å². The molecule has 2 aromatic carbocycles. The molecule has 0 unspecified atom stereocenters. The Hall–Kier alpha value is -5.91. The van der Waals surface area contributed by atoms with Crippen molar-refractivity contribution in [3.05, 3.63) is 60.2 Å². The van der Waals surface area contributed by atoms with E-state index in [9.17, 15) is 33.9 Å². The number of hydrogen-bond acceptors (Lipinski definition) is 11. The summed E-state index contributed by atoms with van der Waals surface area (Å²) in [6, 6.07) is 11.9. The molecule has 8 N–H and O–H groups in total. The zero-order valence-corrected chi connectivity index (χ0v) is 31.8. The minimum atomic E-state index is -1.31. The average Bonchev–Trinajstić information content (AvgIpc) is 3.90. The van der Waals surface area contributed by atoms with Crippen LogP contribution in [0, 0.1) is 5.92 Å². The van der Waals surface area contributed by atoms with E-state index in [1.54, 1.807) is 24.3 Å². The van der Waals surface area contributed by atoms with Crippen molar-refractivity contribution >= 4 is 53.0 Å². The number of ether oxygens (including phenoxy) is 1. The maximum absolute atomic E-state index is 13.9. The highest BCUT2D eigenvalue weighted by Gasteiger charge is 2.41. The first-order chi connectivity index (χ1) is 26.8. The molecule has 18 heteroatoms. The van der Waals surface area contributed by atoms with Crippen LogP contribution in [-0.2, 0) is 35.3 Å². The molecule has 0 spiro atoms. The summed E-state index contributed by atoms with van der Waals surface area (Å²) < 4.78 is 5.62. The Bertz CT molecular complexity index is 1730. The highest BCUT2D eigenvalue weighted by Crippen LogP contribution is 2.22. The Morgan fingerprint density at radius 2 is 1.68 bits per heavy atom. The fraction of sp³-hybridized carbons (Fsp3) is 0.500. The lowest BCUT2D eigenvalue weighted by molar-refractivity contribution is -0.144. The Morgan fingerprint density at radius 3 is 2.30 bits per heavy atom. The number of carboxylic acid groups (broad SMARTS) is 1. The van der Waals surface area contributed by atoms with E-state index in [2.05, 4.69) is 31.2 Å². The Morgan fingerprint density at radius 1 is 0.982 bits per heavy atom. The van der Waals surface area contributed by atoms with Crippen LogP contribution >= 0.6 is 0 Å². The van der Waals surface area contributed by atoms with Crippen molar-refractivity contribution in [1.82, 2.24) is 25.8 Å². The third-order valence-corrected chi connectivity index (χ3v) is 9.29. The minimum absolute atomic E-state index is 0.0636. The van der Waals surface area contributed by atoms with Crippen molar-refractivity contribution in [2.75, 3.05) is 26.2 Å².